The van der Waals surface area contributed by atoms with Crippen molar-refractivity contribution in [3.8, 4) is 5.75 Å². The molecule has 0 saturated carbocycles. The molecule has 1 fully saturated rings. The highest BCUT2D eigenvalue weighted by Gasteiger charge is 2.17. The van der Waals surface area contributed by atoms with Gasteiger partial charge in [0.05, 0.1) is 5.75 Å². The van der Waals surface area contributed by atoms with Crippen LogP contribution in [0.5, 0.6) is 5.75 Å². The van der Waals surface area contributed by atoms with Crippen molar-refractivity contribution in [2.24, 2.45) is 0 Å². The Labute approximate surface area is 183 Å². The molecule has 6 nitrogen and oxygen atoms in total. The standard InChI is InChI=1S/C23H31N3O3S/c1-26(21-7-11-28-12-8-21)10-13-29-22-6-2-4-19(14-22)16-25-23(27)18-30-17-20-5-3-9-24-15-20/h2-6,9,14-15,21H,7-8,10-13,16-18H2,1H3,(H,25,27). The lowest BCUT2D eigenvalue weighted by Crippen LogP contribution is -2.38. The van der Waals surface area contributed by atoms with Gasteiger partial charge in [0.25, 0.3) is 0 Å². The van der Waals surface area contributed by atoms with Gasteiger partial charge >= 0.3 is 0 Å². The minimum absolute atomic E-state index is 0.0355. The first-order chi connectivity index (χ1) is 14.7. The Morgan fingerprint density at radius 1 is 1.27 bits per heavy atom. The van der Waals surface area contributed by atoms with Gasteiger partial charge < -0.3 is 14.8 Å². The number of hydrogen-bond acceptors (Lipinski definition) is 6. The summed E-state index contributed by atoms with van der Waals surface area (Å²) in [5.74, 6) is 2.10. The molecule has 1 aliphatic heterocycles. The minimum Gasteiger partial charge on any atom is -0.492 e. The molecule has 1 N–H and O–H groups in total. The molecule has 2 heterocycles. The van der Waals surface area contributed by atoms with E-state index in [2.05, 4.69) is 22.2 Å². The van der Waals surface area contributed by atoms with Gasteiger partial charge in [0.15, 0.2) is 0 Å². The van der Waals surface area contributed by atoms with Gasteiger partial charge in [-0.3, -0.25) is 14.7 Å². The smallest absolute Gasteiger partial charge is 0.230 e. The second kappa shape index (κ2) is 12.6. The number of carbonyl (C=O) groups excluding carboxylic acids is 1. The summed E-state index contributed by atoms with van der Waals surface area (Å²) in [7, 11) is 2.15. The molecule has 1 amide bonds. The summed E-state index contributed by atoms with van der Waals surface area (Å²) < 4.78 is 11.4. The maximum absolute atomic E-state index is 12.1. The third-order valence-electron chi connectivity index (χ3n) is 5.14. The number of likely N-dealkylation sites (N-methyl/N-ethyl adjacent to an activating group) is 1. The molecule has 30 heavy (non-hydrogen) atoms. The molecular formula is C23H31N3O3S. The summed E-state index contributed by atoms with van der Waals surface area (Å²) in [6.07, 6.45) is 5.76. The average molecular weight is 430 g/mol. The summed E-state index contributed by atoms with van der Waals surface area (Å²) in [6, 6.07) is 12.4. The van der Waals surface area contributed by atoms with Crippen LogP contribution in [0.1, 0.15) is 24.0 Å². The lowest BCUT2D eigenvalue weighted by molar-refractivity contribution is -0.118. The van der Waals surface area contributed by atoms with Crippen LogP contribution in [0.4, 0.5) is 0 Å². The zero-order valence-corrected chi connectivity index (χ0v) is 18.4. The van der Waals surface area contributed by atoms with Crippen LogP contribution in [0.3, 0.4) is 0 Å². The predicted molar refractivity (Wildman–Crippen MR) is 121 cm³/mol. The maximum atomic E-state index is 12.1. The van der Waals surface area contributed by atoms with Crippen molar-refractivity contribution in [2.75, 3.05) is 39.2 Å². The van der Waals surface area contributed by atoms with E-state index in [1.54, 1.807) is 18.0 Å². The number of rotatable bonds is 11. The highest BCUT2D eigenvalue weighted by atomic mass is 32.2. The summed E-state index contributed by atoms with van der Waals surface area (Å²) in [5, 5.41) is 2.98. The largest absolute Gasteiger partial charge is 0.492 e. The number of pyridine rings is 1. The topological polar surface area (TPSA) is 63.7 Å². The predicted octanol–water partition coefficient (Wildman–Crippen LogP) is 3.12. The lowest BCUT2D eigenvalue weighted by Gasteiger charge is -2.31. The van der Waals surface area contributed by atoms with E-state index in [4.69, 9.17) is 9.47 Å². The monoisotopic (exact) mass is 429 g/mol. The normalized spacial score (nSPS) is 14.6. The van der Waals surface area contributed by atoms with Gasteiger partial charge in [0.1, 0.15) is 12.4 Å². The number of hydrogen-bond donors (Lipinski definition) is 1. The molecule has 162 valence electrons. The van der Waals surface area contributed by atoms with E-state index in [0.29, 0.717) is 24.9 Å². The Bertz CT molecular complexity index is 769. The van der Waals surface area contributed by atoms with E-state index in [1.165, 1.54) is 0 Å². The van der Waals surface area contributed by atoms with Crippen LogP contribution in [0.2, 0.25) is 0 Å². The van der Waals surface area contributed by atoms with Crippen LogP contribution in [-0.2, 0) is 21.8 Å². The molecular weight excluding hydrogens is 398 g/mol. The first-order valence-electron chi connectivity index (χ1n) is 10.4. The molecule has 0 unspecified atom stereocenters. The summed E-state index contributed by atoms with van der Waals surface area (Å²) >= 11 is 1.59. The second-order valence-electron chi connectivity index (χ2n) is 7.45. The Kier molecular flexibility index (Phi) is 9.47. The van der Waals surface area contributed by atoms with Crippen LogP contribution < -0.4 is 10.1 Å². The molecule has 0 atom stereocenters. The third kappa shape index (κ3) is 7.97. The van der Waals surface area contributed by atoms with E-state index in [9.17, 15) is 4.79 Å². The number of benzene rings is 1. The average Bonchev–Trinajstić information content (AvgIpc) is 2.79. The molecule has 0 aliphatic carbocycles. The molecule has 1 aromatic carbocycles. The third-order valence-corrected chi connectivity index (χ3v) is 6.14. The van der Waals surface area contributed by atoms with Gasteiger partial charge in [0.2, 0.25) is 5.91 Å². The van der Waals surface area contributed by atoms with Crippen molar-refractivity contribution in [1.29, 1.82) is 0 Å². The van der Waals surface area contributed by atoms with Crippen LogP contribution in [0.15, 0.2) is 48.8 Å². The highest BCUT2D eigenvalue weighted by Crippen LogP contribution is 2.15. The SMILES string of the molecule is CN(CCOc1cccc(CNC(=O)CSCc2cccnc2)c1)C1CCOCC1. The maximum Gasteiger partial charge on any atom is 0.230 e. The molecule has 0 radical (unpaired) electrons. The van der Waals surface area contributed by atoms with E-state index < -0.39 is 0 Å². The highest BCUT2D eigenvalue weighted by molar-refractivity contribution is 7.99. The molecule has 1 saturated heterocycles. The van der Waals surface area contributed by atoms with E-state index in [0.717, 1.165) is 55.2 Å². The van der Waals surface area contributed by atoms with Gasteiger partial charge in [-0.1, -0.05) is 18.2 Å². The fourth-order valence-corrected chi connectivity index (χ4v) is 4.15. The van der Waals surface area contributed by atoms with Gasteiger partial charge in [-0.2, -0.15) is 0 Å². The molecule has 0 spiro atoms. The molecule has 1 aliphatic rings. The quantitative estimate of drug-likeness (QED) is 0.592. The van der Waals surface area contributed by atoms with Crippen molar-refractivity contribution in [3.63, 3.8) is 0 Å². The van der Waals surface area contributed by atoms with Crippen molar-refractivity contribution in [1.82, 2.24) is 15.2 Å². The second-order valence-corrected chi connectivity index (χ2v) is 8.44. The van der Waals surface area contributed by atoms with Gasteiger partial charge in [0, 0.05) is 50.5 Å². The Morgan fingerprint density at radius 3 is 2.90 bits per heavy atom. The number of aromatic nitrogens is 1. The van der Waals surface area contributed by atoms with Crippen molar-refractivity contribution in [2.45, 2.75) is 31.2 Å². The van der Waals surface area contributed by atoms with Crippen LogP contribution in [0, 0.1) is 0 Å². The molecule has 3 rings (SSSR count). The van der Waals surface area contributed by atoms with E-state index in [1.807, 2.05) is 42.6 Å². The number of nitrogens with one attached hydrogen (secondary N) is 1. The van der Waals surface area contributed by atoms with Crippen molar-refractivity contribution >= 4 is 17.7 Å². The molecule has 1 aromatic heterocycles. The fourth-order valence-electron chi connectivity index (χ4n) is 3.36. The number of ether oxygens (including phenoxy) is 2. The van der Waals surface area contributed by atoms with Crippen LogP contribution in [0.25, 0.3) is 0 Å². The lowest BCUT2D eigenvalue weighted by atomic mass is 10.1. The first-order valence-corrected chi connectivity index (χ1v) is 11.6. The first kappa shape index (κ1) is 22.6. The minimum atomic E-state index is 0.0355. The Balaban J connectivity index is 1.33. The van der Waals surface area contributed by atoms with E-state index in [-0.39, 0.29) is 5.91 Å². The molecule has 0 bridgehead atoms. The summed E-state index contributed by atoms with van der Waals surface area (Å²) in [6.45, 7) is 3.75. The molecule has 2 aromatic rings. The van der Waals surface area contributed by atoms with Gasteiger partial charge in [-0.25, -0.2) is 0 Å². The van der Waals surface area contributed by atoms with Crippen LogP contribution in [-0.4, -0.2) is 61.0 Å². The Morgan fingerprint density at radius 2 is 2.10 bits per heavy atom. The number of amides is 1. The van der Waals surface area contributed by atoms with Gasteiger partial charge in [-0.15, -0.1) is 11.8 Å². The summed E-state index contributed by atoms with van der Waals surface area (Å²) in [4.78, 5) is 18.5. The summed E-state index contributed by atoms with van der Waals surface area (Å²) in [5.41, 5.74) is 2.17. The van der Waals surface area contributed by atoms with E-state index >= 15 is 0 Å². The zero-order chi connectivity index (χ0) is 21.0. The van der Waals surface area contributed by atoms with Crippen molar-refractivity contribution < 1.29 is 14.3 Å². The fraction of sp³-hybridized carbons (Fsp3) is 0.478. The number of carbonyl (C=O) groups is 1. The van der Waals surface area contributed by atoms with Crippen molar-refractivity contribution in [3.05, 3.63) is 59.9 Å². The van der Waals surface area contributed by atoms with Gasteiger partial charge in [-0.05, 0) is 49.2 Å². The number of thioether (sulfide) groups is 1. The number of nitrogens with zero attached hydrogens (tertiary/aromatic N) is 2. The Hall–Kier alpha value is -2.09. The zero-order valence-electron chi connectivity index (χ0n) is 17.6. The molecule has 7 heteroatoms. The van der Waals surface area contributed by atoms with Crippen LogP contribution >= 0.6 is 11.8 Å².